The molecule has 0 bridgehead atoms. The van der Waals surface area contributed by atoms with E-state index in [2.05, 4.69) is 25.9 Å². The summed E-state index contributed by atoms with van der Waals surface area (Å²) in [6.45, 7) is 6.29. The van der Waals surface area contributed by atoms with E-state index in [9.17, 15) is 0 Å². The summed E-state index contributed by atoms with van der Waals surface area (Å²) in [7, 11) is 0. The molecule has 12 heavy (non-hydrogen) atoms. The average Bonchev–Trinajstić information content (AvgIpc) is 2.34. The third kappa shape index (κ3) is 1.60. The molecular weight excluding hydrogens is 152 g/mol. The smallest absolute Gasteiger partial charge is 0.170 e. The topological polar surface area (TPSA) is 52.0 Å². The van der Waals surface area contributed by atoms with Gasteiger partial charge in [0, 0.05) is 11.5 Å². The molecule has 68 valence electrons. The van der Waals surface area contributed by atoms with Crippen molar-refractivity contribution in [2.45, 2.75) is 39.5 Å². The molecule has 0 unspecified atom stereocenters. The molecule has 0 atom stereocenters. The predicted octanol–water partition coefficient (Wildman–Crippen LogP) is 2.33. The molecule has 0 radical (unpaired) electrons. The molecule has 3 nitrogen and oxygen atoms in total. The highest BCUT2D eigenvalue weighted by Crippen LogP contribution is 2.24. The second-order valence-electron chi connectivity index (χ2n) is 3.32. The fourth-order valence-electron chi connectivity index (χ4n) is 1.29. The number of rotatable bonds is 3. The molecule has 0 aliphatic rings. The highest BCUT2D eigenvalue weighted by molar-refractivity contribution is 5.41. The van der Waals surface area contributed by atoms with Gasteiger partial charge in [-0.25, -0.2) is 0 Å². The van der Waals surface area contributed by atoms with E-state index in [1.807, 2.05) is 0 Å². The van der Waals surface area contributed by atoms with Gasteiger partial charge in [-0.1, -0.05) is 32.3 Å². The van der Waals surface area contributed by atoms with E-state index >= 15 is 0 Å². The lowest BCUT2D eigenvalue weighted by molar-refractivity contribution is 0.371. The molecule has 0 aliphatic carbocycles. The first-order chi connectivity index (χ1) is 5.66. The highest BCUT2D eigenvalue weighted by Gasteiger charge is 2.15. The van der Waals surface area contributed by atoms with Gasteiger partial charge >= 0.3 is 0 Å². The first kappa shape index (κ1) is 9.10. The van der Waals surface area contributed by atoms with Crippen molar-refractivity contribution in [1.82, 2.24) is 5.16 Å². The Morgan fingerprint density at radius 1 is 1.50 bits per heavy atom. The lowest BCUT2D eigenvalue weighted by Crippen LogP contribution is -1.95. The number of anilines is 1. The number of hydrogen-bond acceptors (Lipinski definition) is 3. The zero-order valence-corrected chi connectivity index (χ0v) is 7.92. The Kier molecular flexibility index (Phi) is 2.74. The number of nitrogens with zero attached hydrogens (tertiary/aromatic N) is 1. The Balaban J connectivity index is 2.95. The van der Waals surface area contributed by atoms with Gasteiger partial charge in [0.05, 0.1) is 0 Å². The molecule has 0 fully saturated rings. The van der Waals surface area contributed by atoms with E-state index in [-0.39, 0.29) is 0 Å². The maximum Gasteiger partial charge on any atom is 0.170 e. The fraction of sp³-hybridized carbons (Fsp3) is 0.667. The van der Waals surface area contributed by atoms with E-state index in [1.165, 1.54) is 0 Å². The predicted molar refractivity (Wildman–Crippen MR) is 49.0 cm³/mol. The van der Waals surface area contributed by atoms with Crippen molar-refractivity contribution in [2.75, 3.05) is 5.73 Å². The van der Waals surface area contributed by atoms with Crippen LogP contribution in [-0.2, 0) is 6.42 Å². The lowest BCUT2D eigenvalue weighted by Gasteiger charge is -2.02. The van der Waals surface area contributed by atoms with Gasteiger partial charge in [-0.05, 0) is 6.42 Å². The Hall–Kier alpha value is -0.990. The molecule has 3 heteroatoms. The fourth-order valence-corrected chi connectivity index (χ4v) is 1.29. The zero-order valence-electron chi connectivity index (χ0n) is 7.92. The number of hydrogen-bond donors (Lipinski definition) is 1. The highest BCUT2D eigenvalue weighted by atomic mass is 16.5. The number of aromatic nitrogens is 1. The van der Waals surface area contributed by atoms with Crippen LogP contribution in [0.25, 0.3) is 0 Å². The second-order valence-corrected chi connectivity index (χ2v) is 3.32. The van der Waals surface area contributed by atoms with E-state index in [4.69, 9.17) is 10.3 Å². The molecular formula is C9H16N2O. The van der Waals surface area contributed by atoms with Crippen LogP contribution in [0.1, 0.15) is 44.4 Å². The molecule has 1 rings (SSSR count). The van der Waals surface area contributed by atoms with Crippen LogP contribution in [0.2, 0.25) is 0 Å². The first-order valence-corrected chi connectivity index (χ1v) is 4.40. The molecule has 2 N–H and O–H groups in total. The van der Waals surface area contributed by atoms with Crippen molar-refractivity contribution in [3.63, 3.8) is 0 Å². The van der Waals surface area contributed by atoms with Gasteiger partial charge < -0.3 is 10.3 Å². The molecule has 0 amide bonds. The largest absolute Gasteiger partial charge is 0.381 e. The van der Waals surface area contributed by atoms with E-state index < -0.39 is 0 Å². The van der Waals surface area contributed by atoms with Crippen LogP contribution in [-0.4, -0.2) is 5.16 Å². The summed E-state index contributed by atoms with van der Waals surface area (Å²) in [5, 5.41) is 3.76. The van der Waals surface area contributed by atoms with Crippen LogP contribution in [0.5, 0.6) is 0 Å². The van der Waals surface area contributed by atoms with Gasteiger partial charge in [-0.3, -0.25) is 0 Å². The van der Waals surface area contributed by atoms with Crippen molar-refractivity contribution in [3.05, 3.63) is 11.3 Å². The monoisotopic (exact) mass is 168 g/mol. The van der Waals surface area contributed by atoms with Gasteiger partial charge in [0.1, 0.15) is 5.76 Å². The van der Waals surface area contributed by atoms with Gasteiger partial charge in [0.15, 0.2) is 5.82 Å². The van der Waals surface area contributed by atoms with Crippen molar-refractivity contribution in [1.29, 1.82) is 0 Å². The van der Waals surface area contributed by atoms with Gasteiger partial charge in [-0.15, -0.1) is 0 Å². The zero-order chi connectivity index (χ0) is 9.14. The summed E-state index contributed by atoms with van der Waals surface area (Å²) in [6, 6.07) is 0. The summed E-state index contributed by atoms with van der Waals surface area (Å²) in [6.07, 6.45) is 2.04. The molecule has 0 aromatic carbocycles. The molecule has 0 spiro atoms. The van der Waals surface area contributed by atoms with E-state index in [0.29, 0.717) is 11.7 Å². The number of nitrogen functional groups attached to an aromatic ring is 1. The Morgan fingerprint density at radius 2 is 2.17 bits per heavy atom. The molecule has 1 heterocycles. The Bertz CT molecular complexity index is 253. The average molecular weight is 168 g/mol. The Labute approximate surface area is 72.9 Å². The summed E-state index contributed by atoms with van der Waals surface area (Å²) in [5.41, 5.74) is 6.75. The first-order valence-electron chi connectivity index (χ1n) is 4.40. The maximum absolute atomic E-state index is 5.66. The second kappa shape index (κ2) is 3.61. The van der Waals surface area contributed by atoms with Crippen molar-refractivity contribution < 1.29 is 4.52 Å². The maximum atomic E-state index is 5.66. The van der Waals surface area contributed by atoms with Crippen molar-refractivity contribution in [3.8, 4) is 0 Å². The molecule has 1 aromatic rings. The summed E-state index contributed by atoms with van der Waals surface area (Å²) in [4.78, 5) is 0. The molecule has 0 saturated carbocycles. The lowest BCUT2D eigenvalue weighted by atomic mass is 10.0. The quantitative estimate of drug-likeness (QED) is 0.753. The number of nitrogens with two attached hydrogens (primary N) is 1. The Morgan fingerprint density at radius 3 is 2.67 bits per heavy atom. The standard InChI is InChI=1S/C9H16N2O/c1-4-5-7-8(6(2)3)12-11-9(7)10/h6H,4-5H2,1-3H3,(H2,10,11). The van der Waals surface area contributed by atoms with Gasteiger partial charge in [-0.2, -0.15) is 0 Å². The van der Waals surface area contributed by atoms with Crippen LogP contribution in [0.4, 0.5) is 5.82 Å². The SMILES string of the molecule is CCCc1c(N)noc1C(C)C. The van der Waals surface area contributed by atoms with Crippen molar-refractivity contribution in [2.24, 2.45) is 0 Å². The van der Waals surface area contributed by atoms with Crippen LogP contribution in [0.15, 0.2) is 4.52 Å². The molecule has 1 aromatic heterocycles. The molecule has 0 saturated heterocycles. The van der Waals surface area contributed by atoms with E-state index in [0.717, 1.165) is 24.2 Å². The summed E-state index contributed by atoms with van der Waals surface area (Å²) in [5.74, 6) is 1.87. The van der Waals surface area contributed by atoms with Gasteiger partial charge in [0.25, 0.3) is 0 Å². The third-order valence-electron chi connectivity index (χ3n) is 1.87. The third-order valence-corrected chi connectivity index (χ3v) is 1.87. The van der Waals surface area contributed by atoms with Gasteiger partial charge in [0.2, 0.25) is 0 Å². The minimum absolute atomic E-state index is 0.372. The molecule has 0 aliphatic heterocycles. The van der Waals surface area contributed by atoms with E-state index in [1.54, 1.807) is 0 Å². The normalized spacial score (nSPS) is 11.0. The summed E-state index contributed by atoms with van der Waals surface area (Å²) >= 11 is 0. The van der Waals surface area contributed by atoms with Crippen LogP contribution >= 0.6 is 0 Å². The van der Waals surface area contributed by atoms with Crippen LogP contribution < -0.4 is 5.73 Å². The van der Waals surface area contributed by atoms with Crippen molar-refractivity contribution >= 4 is 5.82 Å². The summed E-state index contributed by atoms with van der Waals surface area (Å²) < 4.78 is 5.13. The minimum Gasteiger partial charge on any atom is -0.381 e. The van der Waals surface area contributed by atoms with Crippen LogP contribution in [0.3, 0.4) is 0 Å². The van der Waals surface area contributed by atoms with Crippen LogP contribution in [0, 0.1) is 0 Å². The minimum atomic E-state index is 0.372.